The van der Waals surface area contributed by atoms with Crippen molar-refractivity contribution in [3.05, 3.63) is 188 Å². The molecule has 0 aliphatic heterocycles. The molecule has 5 nitrogen and oxygen atoms in total. The molecule has 1 amide bonds. The summed E-state index contributed by atoms with van der Waals surface area (Å²) in [6.07, 6.45) is 1.92. The van der Waals surface area contributed by atoms with Crippen LogP contribution in [0.5, 0.6) is 17.2 Å². The van der Waals surface area contributed by atoms with Crippen LogP contribution in [0.25, 0.3) is 22.3 Å². The highest BCUT2D eigenvalue weighted by atomic mass is 31.2. The van der Waals surface area contributed by atoms with Gasteiger partial charge in [-0.05, 0) is 108 Å². The summed E-state index contributed by atoms with van der Waals surface area (Å²) in [6.45, 7) is 0.622. The van der Waals surface area contributed by atoms with Gasteiger partial charge in [-0.15, -0.1) is 0 Å². The number of ether oxygens (including phenoxy) is 3. The van der Waals surface area contributed by atoms with Gasteiger partial charge in [-0.2, -0.15) is 0 Å². The molecule has 1 N–H and O–H groups in total. The van der Waals surface area contributed by atoms with E-state index in [0.717, 1.165) is 46.3 Å². The maximum Gasteiger partial charge on any atom is 0.255 e. The molecule has 6 heteroatoms. The first-order chi connectivity index (χ1) is 26.6. The van der Waals surface area contributed by atoms with Crippen molar-refractivity contribution in [3.63, 3.8) is 0 Å². The van der Waals surface area contributed by atoms with Crippen molar-refractivity contribution in [2.24, 2.45) is 0 Å². The molecule has 7 aromatic carbocycles. The lowest BCUT2D eigenvalue weighted by Gasteiger charge is -2.27. The molecule has 7 aromatic rings. The van der Waals surface area contributed by atoms with E-state index in [1.54, 1.807) is 20.3 Å². The summed E-state index contributed by atoms with van der Waals surface area (Å²) < 4.78 is 17.3. The van der Waals surface area contributed by atoms with Crippen LogP contribution in [0.2, 0.25) is 0 Å². The van der Waals surface area contributed by atoms with E-state index in [1.165, 1.54) is 15.9 Å². The van der Waals surface area contributed by atoms with E-state index in [9.17, 15) is 4.79 Å². The molecule has 0 unspecified atom stereocenters. The molecule has 0 saturated heterocycles. The molecule has 0 aliphatic rings. The Kier molecular flexibility index (Phi) is 11.5. The molecule has 0 aliphatic carbocycles. The maximum atomic E-state index is 13.3. The molecule has 0 fully saturated rings. The number of carbonyl (C=O) groups is 1. The lowest BCUT2D eigenvalue weighted by atomic mass is 10.0. The van der Waals surface area contributed by atoms with Gasteiger partial charge in [0.05, 0.1) is 27.0 Å². The smallest absolute Gasteiger partial charge is 0.255 e. The molecule has 268 valence electrons. The summed E-state index contributed by atoms with van der Waals surface area (Å²) in [5, 5.41) is 7.19. The second kappa shape index (κ2) is 17.1. The van der Waals surface area contributed by atoms with Gasteiger partial charge >= 0.3 is 0 Å². The van der Waals surface area contributed by atoms with Gasteiger partial charge < -0.3 is 19.5 Å². The fraction of sp³-hybridized carbons (Fsp3) is 0.104. The SMILES string of the molecule is COc1cccc(-c2cc(C(=O)Nc3ccc(-c4ccc(OCCC[P+](c5ccccc5)(c5ccccc5)c5ccccc5)cc4)cc3)ccc2OC)c1. The maximum absolute atomic E-state index is 13.3. The van der Waals surface area contributed by atoms with E-state index >= 15 is 0 Å². The standard InChI is InChI=1S/C48H42NO4P/c1-51-42-15-12-14-38(34-42)46-35-39(26-31-47(46)52-2)48(50)49-40-27-22-36(23-28-40)37-24-29-41(30-25-37)53-32-13-33-54(43-16-6-3-7-17-43,44-18-8-4-9-19-44)45-20-10-5-11-21-45/h3-12,14-31,34-35H,13,32-33H2,1-2H3/p+1. The van der Waals surface area contributed by atoms with Crippen LogP contribution in [0, 0.1) is 0 Å². The zero-order valence-electron chi connectivity index (χ0n) is 30.5. The Bertz CT molecular complexity index is 2180. The summed E-state index contributed by atoms with van der Waals surface area (Å²) in [7, 11) is 1.37. The van der Waals surface area contributed by atoms with Gasteiger partial charge in [-0.1, -0.05) is 91.0 Å². The van der Waals surface area contributed by atoms with Crippen molar-refractivity contribution in [1.82, 2.24) is 0 Å². The van der Waals surface area contributed by atoms with Crippen LogP contribution in [0.1, 0.15) is 16.8 Å². The predicted octanol–water partition coefficient (Wildman–Crippen LogP) is 10.1. The summed E-state index contributed by atoms with van der Waals surface area (Å²) in [5.41, 5.74) is 5.07. The zero-order valence-corrected chi connectivity index (χ0v) is 31.4. The molecule has 7 rings (SSSR count). The first kappa shape index (κ1) is 36.2. The van der Waals surface area contributed by atoms with Gasteiger partial charge in [-0.3, -0.25) is 4.79 Å². The van der Waals surface area contributed by atoms with Crippen LogP contribution < -0.4 is 35.4 Å². The monoisotopic (exact) mass is 728 g/mol. The van der Waals surface area contributed by atoms with Crippen LogP contribution in [-0.2, 0) is 0 Å². The molecule has 0 aromatic heterocycles. The van der Waals surface area contributed by atoms with Gasteiger partial charge in [0.2, 0.25) is 0 Å². The number of anilines is 1. The van der Waals surface area contributed by atoms with E-state index in [0.29, 0.717) is 23.6 Å². The number of rotatable bonds is 14. The van der Waals surface area contributed by atoms with Crippen molar-refractivity contribution in [2.75, 3.05) is 32.3 Å². The predicted molar refractivity (Wildman–Crippen MR) is 225 cm³/mol. The van der Waals surface area contributed by atoms with Crippen molar-refractivity contribution in [1.29, 1.82) is 0 Å². The number of hydrogen-bond donors (Lipinski definition) is 1. The first-order valence-electron chi connectivity index (χ1n) is 18.1. The average Bonchev–Trinajstić information content (AvgIpc) is 3.25. The van der Waals surface area contributed by atoms with Crippen LogP contribution in [0.4, 0.5) is 5.69 Å². The summed E-state index contributed by atoms with van der Waals surface area (Å²) in [4.78, 5) is 13.3. The number of amides is 1. The van der Waals surface area contributed by atoms with E-state index < -0.39 is 7.26 Å². The molecule has 0 radical (unpaired) electrons. The highest BCUT2D eigenvalue weighted by Gasteiger charge is 2.44. The Morgan fingerprint density at radius 3 is 1.67 bits per heavy atom. The topological polar surface area (TPSA) is 56.8 Å². The summed E-state index contributed by atoms with van der Waals surface area (Å²) in [6, 6.07) is 62.1. The van der Waals surface area contributed by atoms with Gasteiger partial charge in [-0.25, -0.2) is 0 Å². The third kappa shape index (κ3) is 8.07. The second-order valence-corrected chi connectivity index (χ2v) is 16.6. The largest absolute Gasteiger partial charge is 0.497 e. The molecular formula is C48H43NO4P+. The molecule has 54 heavy (non-hydrogen) atoms. The van der Waals surface area contributed by atoms with Gasteiger partial charge in [0.25, 0.3) is 5.91 Å². The zero-order chi connectivity index (χ0) is 37.2. The highest BCUT2D eigenvalue weighted by Crippen LogP contribution is 2.55. The fourth-order valence-electron chi connectivity index (χ4n) is 6.93. The minimum Gasteiger partial charge on any atom is -0.497 e. The van der Waals surface area contributed by atoms with E-state index in [4.69, 9.17) is 14.2 Å². The van der Waals surface area contributed by atoms with Crippen LogP contribution >= 0.6 is 7.26 Å². The number of carbonyl (C=O) groups excluding carboxylic acids is 1. The fourth-order valence-corrected chi connectivity index (χ4v) is 11.2. The van der Waals surface area contributed by atoms with Crippen LogP contribution in [0.15, 0.2) is 182 Å². The van der Waals surface area contributed by atoms with Crippen molar-refractivity contribution < 1.29 is 19.0 Å². The second-order valence-electron chi connectivity index (χ2n) is 12.9. The van der Waals surface area contributed by atoms with Gasteiger partial charge in [0.1, 0.15) is 40.4 Å². The Morgan fingerprint density at radius 1 is 0.537 bits per heavy atom. The lowest BCUT2D eigenvalue weighted by Crippen LogP contribution is -2.33. The number of nitrogens with one attached hydrogen (secondary N) is 1. The molecule has 0 bridgehead atoms. The Hall–Kier alpha value is -6.16. The third-order valence-electron chi connectivity index (χ3n) is 9.67. The molecule has 0 atom stereocenters. The Balaban J connectivity index is 0.993. The van der Waals surface area contributed by atoms with Crippen LogP contribution in [0.3, 0.4) is 0 Å². The van der Waals surface area contributed by atoms with E-state index in [1.807, 2.05) is 72.8 Å². The van der Waals surface area contributed by atoms with E-state index in [2.05, 4.69) is 108 Å². The first-order valence-corrected chi connectivity index (χ1v) is 20.1. The Labute approximate surface area is 318 Å². The van der Waals surface area contributed by atoms with Gasteiger partial charge in [0.15, 0.2) is 0 Å². The Morgan fingerprint density at radius 2 is 1.11 bits per heavy atom. The average molecular weight is 729 g/mol. The number of methoxy groups -OCH3 is 2. The number of benzene rings is 7. The normalized spacial score (nSPS) is 11.1. The number of hydrogen-bond acceptors (Lipinski definition) is 4. The minimum absolute atomic E-state index is 0.202. The molecule has 0 spiro atoms. The third-order valence-corrected chi connectivity index (χ3v) is 14.2. The van der Waals surface area contributed by atoms with Gasteiger partial charge in [0, 0.05) is 23.2 Å². The molecular weight excluding hydrogens is 686 g/mol. The van der Waals surface area contributed by atoms with Crippen molar-refractivity contribution >= 4 is 34.8 Å². The highest BCUT2D eigenvalue weighted by molar-refractivity contribution is 7.95. The lowest BCUT2D eigenvalue weighted by molar-refractivity contribution is 0.102. The summed E-state index contributed by atoms with van der Waals surface area (Å²) >= 11 is 0. The quantitative estimate of drug-likeness (QED) is 0.0895. The molecule has 0 saturated carbocycles. The minimum atomic E-state index is -1.89. The van der Waals surface area contributed by atoms with Crippen LogP contribution in [-0.4, -0.2) is 32.9 Å². The van der Waals surface area contributed by atoms with Crippen molar-refractivity contribution in [2.45, 2.75) is 6.42 Å². The summed E-state index contributed by atoms with van der Waals surface area (Å²) in [5.74, 6) is 2.06. The van der Waals surface area contributed by atoms with E-state index in [-0.39, 0.29) is 5.91 Å². The van der Waals surface area contributed by atoms with Crippen molar-refractivity contribution in [3.8, 4) is 39.5 Å². The molecule has 0 heterocycles.